The van der Waals surface area contributed by atoms with E-state index in [0.29, 0.717) is 0 Å². The number of nitrogens with two attached hydrogens (primary N) is 1. The van der Waals surface area contributed by atoms with Crippen LogP contribution in [0, 0.1) is 11.7 Å². The molecule has 1 aromatic rings. The Morgan fingerprint density at radius 1 is 1.26 bits per heavy atom. The van der Waals surface area contributed by atoms with E-state index in [4.69, 9.17) is 5.73 Å². The molecule has 1 saturated heterocycles. The molecule has 1 fully saturated rings. The monoisotopic (exact) mass is 264 g/mol. The Labute approximate surface area is 115 Å². The van der Waals surface area contributed by atoms with E-state index in [1.807, 2.05) is 0 Å². The lowest BCUT2D eigenvalue weighted by atomic mass is 9.92. The van der Waals surface area contributed by atoms with Gasteiger partial charge in [-0.05, 0) is 49.5 Å². The van der Waals surface area contributed by atoms with Gasteiger partial charge in [0.15, 0.2) is 0 Å². The van der Waals surface area contributed by atoms with Crippen LogP contribution in [-0.2, 0) is 0 Å². The molecule has 0 spiro atoms. The van der Waals surface area contributed by atoms with Gasteiger partial charge in [0.1, 0.15) is 5.82 Å². The van der Waals surface area contributed by atoms with Crippen LogP contribution in [0.25, 0.3) is 0 Å². The van der Waals surface area contributed by atoms with Crippen molar-refractivity contribution in [1.29, 1.82) is 0 Å². The Morgan fingerprint density at radius 2 is 1.89 bits per heavy atom. The summed E-state index contributed by atoms with van der Waals surface area (Å²) in [5, 5.41) is 0. The Morgan fingerprint density at radius 3 is 2.47 bits per heavy atom. The van der Waals surface area contributed by atoms with Crippen LogP contribution in [0.5, 0.6) is 0 Å². The molecule has 2 N–H and O–H groups in total. The number of hydrogen-bond donors (Lipinski definition) is 1. The second-order valence-corrected chi connectivity index (χ2v) is 5.69. The van der Waals surface area contributed by atoms with Crippen LogP contribution in [0.1, 0.15) is 44.2 Å². The topological polar surface area (TPSA) is 29.3 Å². The molecule has 0 radical (unpaired) electrons. The van der Waals surface area contributed by atoms with E-state index in [2.05, 4.69) is 11.8 Å². The van der Waals surface area contributed by atoms with Crippen molar-refractivity contribution >= 4 is 0 Å². The summed E-state index contributed by atoms with van der Waals surface area (Å²) < 4.78 is 12.9. The quantitative estimate of drug-likeness (QED) is 0.884. The van der Waals surface area contributed by atoms with Crippen molar-refractivity contribution in [1.82, 2.24) is 4.90 Å². The average Bonchev–Trinajstić information content (AvgIpc) is 2.42. The summed E-state index contributed by atoms with van der Waals surface area (Å²) in [6.07, 6.45) is 5.24. The molecule has 1 unspecified atom stereocenters. The van der Waals surface area contributed by atoms with Gasteiger partial charge in [0.05, 0.1) is 0 Å². The summed E-state index contributed by atoms with van der Waals surface area (Å²) in [4.78, 5) is 2.44. The lowest BCUT2D eigenvalue weighted by Crippen LogP contribution is -2.38. The van der Waals surface area contributed by atoms with E-state index >= 15 is 0 Å². The molecule has 1 aliphatic heterocycles. The summed E-state index contributed by atoms with van der Waals surface area (Å²) in [5.41, 5.74) is 7.23. The molecule has 2 rings (SSSR count). The smallest absolute Gasteiger partial charge is 0.123 e. The summed E-state index contributed by atoms with van der Waals surface area (Å²) in [5.74, 6) is 0.708. The molecule has 2 nitrogen and oxygen atoms in total. The summed E-state index contributed by atoms with van der Waals surface area (Å²) in [6, 6.07) is 6.56. The van der Waals surface area contributed by atoms with Crippen molar-refractivity contribution in [2.75, 3.05) is 19.6 Å². The first-order valence-electron chi connectivity index (χ1n) is 7.42. The van der Waals surface area contributed by atoms with E-state index in [0.717, 1.165) is 31.1 Å². The minimum Gasteiger partial charge on any atom is -0.323 e. The van der Waals surface area contributed by atoms with Gasteiger partial charge in [-0.2, -0.15) is 0 Å². The number of rotatable bonds is 5. The highest BCUT2D eigenvalue weighted by Crippen LogP contribution is 2.23. The van der Waals surface area contributed by atoms with Gasteiger partial charge >= 0.3 is 0 Å². The average molecular weight is 264 g/mol. The van der Waals surface area contributed by atoms with Crippen LogP contribution in [0.3, 0.4) is 0 Å². The van der Waals surface area contributed by atoms with Crippen LogP contribution in [0.15, 0.2) is 24.3 Å². The second-order valence-electron chi connectivity index (χ2n) is 5.69. The van der Waals surface area contributed by atoms with E-state index < -0.39 is 0 Å². The van der Waals surface area contributed by atoms with E-state index in [1.54, 1.807) is 12.1 Å². The van der Waals surface area contributed by atoms with Crippen LogP contribution in [0.4, 0.5) is 4.39 Å². The number of hydrogen-bond acceptors (Lipinski definition) is 2. The normalized spacial score (nSPS) is 19.5. The first-order chi connectivity index (χ1) is 9.19. The third-order valence-electron chi connectivity index (χ3n) is 4.16. The van der Waals surface area contributed by atoms with Crippen LogP contribution >= 0.6 is 0 Å². The molecule has 1 aromatic carbocycles. The molecule has 106 valence electrons. The van der Waals surface area contributed by atoms with Gasteiger partial charge in [0, 0.05) is 12.6 Å². The maximum absolute atomic E-state index is 12.9. The molecule has 1 aliphatic rings. The maximum Gasteiger partial charge on any atom is 0.123 e. The SMILES string of the molecule is CCCC1CCN(CC(N)c2ccc(F)cc2)CC1. The van der Waals surface area contributed by atoms with Crippen molar-refractivity contribution in [3.63, 3.8) is 0 Å². The second kappa shape index (κ2) is 7.01. The fourth-order valence-corrected chi connectivity index (χ4v) is 2.96. The highest BCUT2D eigenvalue weighted by molar-refractivity contribution is 5.19. The number of benzene rings is 1. The summed E-state index contributed by atoms with van der Waals surface area (Å²) >= 11 is 0. The van der Waals surface area contributed by atoms with E-state index in [-0.39, 0.29) is 11.9 Å². The van der Waals surface area contributed by atoms with Crippen LogP contribution in [0.2, 0.25) is 0 Å². The lowest BCUT2D eigenvalue weighted by Gasteiger charge is -2.33. The van der Waals surface area contributed by atoms with Gasteiger partial charge in [0.25, 0.3) is 0 Å². The van der Waals surface area contributed by atoms with Crippen molar-refractivity contribution in [3.8, 4) is 0 Å². The molecule has 1 heterocycles. The zero-order valence-corrected chi connectivity index (χ0v) is 11.8. The first-order valence-corrected chi connectivity index (χ1v) is 7.42. The van der Waals surface area contributed by atoms with Gasteiger partial charge in [-0.1, -0.05) is 31.9 Å². The highest BCUT2D eigenvalue weighted by atomic mass is 19.1. The highest BCUT2D eigenvalue weighted by Gasteiger charge is 2.20. The number of piperidine rings is 1. The zero-order valence-electron chi connectivity index (χ0n) is 11.8. The van der Waals surface area contributed by atoms with Gasteiger partial charge in [-0.15, -0.1) is 0 Å². The molecular formula is C16H25FN2. The third-order valence-corrected chi connectivity index (χ3v) is 4.16. The first kappa shape index (κ1) is 14.5. The van der Waals surface area contributed by atoms with E-state index in [9.17, 15) is 4.39 Å². The van der Waals surface area contributed by atoms with Gasteiger partial charge in [-0.3, -0.25) is 0 Å². The molecule has 0 aliphatic carbocycles. The Kier molecular flexibility index (Phi) is 5.34. The van der Waals surface area contributed by atoms with Crippen molar-refractivity contribution < 1.29 is 4.39 Å². The molecule has 0 bridgehead atoms. The molecule has 0 aromatic heterocycles. The van der Waals surface area contributed by atoms with Crippen LogP contribution in [-0.4, -0.2) is 24.5 Å². The van der Waals surface area contributed by atoms with Gasteiger partial charge in [0.2, 0.25) is 0 Å². The number of halogens is 1. The summed E-state index contributed by atoms with van der Waals surface area (Å²) in [7, 11) is 0. The molecule has 0 saturated carbocycles. The van der Waals surface area contributed by atoms with E-state index in [1.165, 1.54) is 37.8 Å². The predicted molar refractivity (Wildman–Crippen MR) is 77.4 cm³/mol. The third kappa shape index (κ3) is 4.29. The number of nitrogens with zero attached hydrogens (tertiary/aromatic N) is 1. The minimum absolute atomic E-state index is 0.0108. The number of likely N-dealkylation sites (tertiary alicyclic amines) is 1. The fraction of sp³-hybridized carbons (Fsp3) is 0.625. The predicted octanol–water partition coefficient (Wildman–Crippen LogP) is 3.34. The minimum atomic E-state index is -0.198. The van der Waals surface area contributed by atoms with Crippen LogP contribution < -0.4 is 5.73 Å². The summed E-state index contributed by atoms with van der Waals surface area (Å²) in [6.45, 7) is 5.44. The zero-order chi connectivity index (χ0) is 13.7. The van der Waals surface area contributed by atoms with Gasteiger partial charge < -0.3 is 10.6 Å². The van der Waals surface area contributed by atoms with Crippen molar-refractivity contribution in [3.05, 3.63) is 35.6 Å². The largest absolute Gasteiger partial charge is 0.323 e. The molecule has 3 heteroatoms. The molecule has 0 amide bonds. The Bertz CT molecular complexity index is 369. The van der Waals surface area contributed by atoms with Crippen molar-refractivity contribution in [2.45, 2.75) is 38.6 Å². The molecule has 1 atom stereocenters. The standard InChI is InChI=1S/C16H25FN2/c1-2-3-13-8-10-19(11-9-13)12-16(18)14-4-6-15(17)7-5-14/h4-7,13,16H,2-3,8-12,18H2,1H3. The Balaban J connectivity index is 1.80. The lowest BCUT2D eigenvalue weighted by molar-refractivity contribution is 0.170. The fourth-order valence-electron chi connectivity index (χ4n) is 2.96. The maximum atomic E-state index is 12.9. The van der Waals surface area contributed by atoms with Gasteiger partial charge in [-0.25, -0.2) is 4.39 Å². The molecular weight excluding hydrogens is 239 g/mol. The Hall–Kier alpha value is -0.930. The molecule has 19 heavy (non-hydrogen) atoms. The van der Waals surface area contributed by atoms with Crippen molar-refractivity contribution in [2.24, 2.45) is 11.7 Å².